The van der Waals surface area contributed by atoms with Gasteiger partial charge in [-0.05, 0) is 55.0 Å². The number of rotatable bonds is 2. The van der Waals surface area contributed by atoms with Crippen LogP contribution in [0.4, 0.5) is 5.69 Å². The minimum atomic E-state index is -0.0766. The van der Waals surface area contributed by atoms with Crippen LogP contribution in [-0.2, 0) is 11.2 Å². The maximum Gasteiger partial charge on any atom is 0.231 e. The van der Waals surface area contributed by atoms with Gasteiger partial charge in [-0.3, -0.25) is 4.79 Å². The third-order valence-electron chi connectivity index (χ3n) is 4.07. The van der Waals surface area contributed by atoms with Gasteiger partial charge in [0.2, 0.25) is 5.91 Å². The number of carbonyl (C=O) groups excluding carboxylic acids is 1. The summed E-state index contributed by atoms with van der Waals surface area (Å²) >= 11 is 6.20. The van der Waals surface area contributed by atoms with E-state index in [0.29, 0.717) is 10.7 Å². The molecule has 0 saturated heterocycles. The van der Waals surface area contributed by atoms with Gasteiger partial charge in [0.05, 0.1) is 16.6 Å². The van der Waals surface area contributed by atoms with Gasteiger partial charge in [-0.15, -0.1) is 0 Å². The average molecular weight is 300 g/mol. The monoisotopic (exact) mass is 299 g/mol. The van der Waals surface area contributed by atoms with E-state index in [1.54, 1.807) is 0 Å². The number of fused-ring (bicyclic) bond motifs is 1. The third kappa shape index (κ3) is 2.96. The first-order valence-electron chi connectivity index (χ1n) is 7.30. The minimum absolute atomic E-state index is 0.0351. The Labute approximate surface area is 130 Å². The lowest BCUT2D eigenvalue weighted by Gasteiger charge is -2.24. The third-order valence-corrected chi connectivity index (χ3v) is 4.38. The Morgan fingerprint density at radius 1 is 1.24 bits per heavy atom. The molecule has 1 aliphatic rings. The molecular weight excluding hydrogens is 282 g/mol. The largest absolute Gasteiger partial charge is 0.324 e. The first kappa shape index (κ1) is 14.2. The molecule has 0 saturated carbocycles. The SMILES string of the molecule is Cc1ccc(NC(=O)[C@@H]2CCCc3ccccc32)c(Cl)c1. The van der Waals surface area contributed by atoms with E-state index in [9.17, 15) is 4.79 Å². The molecule has 0 radical (unpaired) electrons. The molecule has 0 aliphatic heterocycles. The van der Waals surface area contributed by atoms with Crippen LogP contribution in [0.25, 0.3) is 0 Å². The van der Waals surface area contributed by atoms with Gasteiger partial charge < -0.3 is 5.32 Å². The van der Waals surface area contributed by atoms with Crippen LogP contribution in [-0.4, -0.2) is 5.91 Å². The minimum Gasteiger partial charge on any atom is -0.324 e. The summed E-state index contributed by atoms with van der Waals surface area (Å²) in [5.41, 5.74) is 4.22. The summed E-state index contributed by atoms with van der Waals surface area (Å²) < 4.78 is 0. The fourth-order valence-electron chi connectivity index (χ4n) is 2.97. The number of hydrogen-bond donors (Lipinski definition) is 1. The zero-order valence-electron chi connectivity index (χ0n) is 12.0. The van der Waals surface area contributed by atoms with Crippen LogP contribution in [0.5, 0.6) is 0 Å². The van der Waals surface area contributed by atoms with Crippen molar-refractivity contribution in [1.29, 1.82) is 0 Å². The molecule has 21 heavy (non-hydrogen) atoms. The summed E-state index contributed by atoms with van der Waals surface area (Å²) in [6, 6.07) is 13.9. The van der Waals surface area contributed by atoms with Gasteiger partial charge in [-0.25, -0.2) is 0 Å². The Morgan fingerprint density at radius 3 is 2.86 bits per heavy atom. The van der Waals surface area contributed by atoms with E-state index in [-0.39, 0.29) is 11.8 Å². The lowest BCUT2D eigenvalue weighted by atomic mass is 9.82. The molecule has 108 valence electrons. The van der Waals surface area contributed by atoms with Crippen molar-refractivity contribution in [2.45, 2.75) is 32.1 Å². The molecule has 1 amide bonds. The van der Waals surface area contributed by atoms with Crippen molar-refractivity contribution in [2.24, 2.45) is 0 Å². The Bertz CT molecular complexity index is 681. The quantitative estimate of drug-likeness (QED) is 0.855. The van der Waals surface area contributed by atoms with Crippen LogP contribution < -0.4 is 5.32 Å². The van der Waals surface area contributed by atoms with E-state index >= 15 is 0 Å². The van der Waals surface area contributed by atoms with Gasteiger partial charge in [0, 0.05) is 0 Å². The molecule has 1 aliphatic carbocycles. The van der Waals surface area contributed by atoms with Crippen LogP contribution in [0.15, 0.2) is 42.5 Å². The summed E-state index contributed by atoms with van der Waals surface area (Å²) in [4.78, 5) is 12.6. The molecule has 0 fully saturated rings. The fraction of sp³-hybridized carbons (Fsp3) is 0.278. The average Bonchev–Trinajstić information content (AvgIpc) is 2.49. The van der Waals surface area contributed by atoms with Crippen LogP contribution in [0.1, 0.15) is 35.4 Å². The number of halogens is 1. The second kappa shape index (κ2) is 5.90. The molecule has 2 aromatic rings. The van der Waals surface area contributed by atoms with Gasteiger partial charge in [0.15, 0.2) is 0 Å². The standard InChI is InChI=1S/C18H18ClNO/c1-12-9-10-17(16(19)11-12)20-18(21)15-8-4-6-13-5-2-3-7-14(13)15/h2-3,5,7,9-11,15H,4,6,8H2,1H3,(H,20,21)/t15-/m1/s1. The van der Waals surface area contributed by atoms with Crippen molar-refractivity contribution >= 4 is 23.2 Å². The number of anilines is 1. The smallest absolute Gasteiger partial charge is 0.231 e. The summed E-state index contributed by atoms with van der Waals surface area (Å²) in [6.45, 7) is 1.98. The first-order valence-corrected chi connectivity index (χ1v) is 7.68. The Balaban J connectivity index is 1.83. The molecule has 3 rings (SSSR count). The molecule has 3 heteroatoms. The molecule has 0 bridgehead atoms. The van der Waals surface area contributed by atoms with Crippen LogP contribution in [0.3, 0.4) is 0 Å². The molecule has 0 unspecified atom stereocenters. The second-order valence-electron chi connectivity index (χ2n) is 5.62. The molecule has 0 aromatic heterocycles. The molecule has 2 aromatic carbocycles. The summed E-state index contributed by atoms with van der Waals surface area (Å²) in [6.07, 6.45) is 3.01. The molecule has 1 N–H and O–H groups in total. The van der Waals surface area contributed by atoms with Crippen molar-refractivity contribution in [3.63, 3.8) is 0 Å². The Kier molecular flexibility index (Phi) is 3.98. The predicted octanol–water partition coefficient (Wildman–Crippen LogP) is 4.71. The number of aryl methyl sites for hydroxylation is 2. The number of amides is 1. The van der Waals surface area contributed by atoms with Gasteiger partial charge in [0.1, 0.15) is 0 Å². The number of benzene rings is 2. The van der Waals surface area contributed by atoms with E-state index in [1.807, 2.05) is 37.3 Å². The van der Waals surface area contributed by atoms with Crippen molar-refractivity contribution in [3.8, 4) is 0 Å². The first-order chi connectivity index (χ1) is 10.1. The van der Waals surface area contributed by atoms with Crippen molar-refractivity contribution in [1.82, 2.24) is 0 Å². The predicted molar refractivity (Wildman–Crippen MR) is 86.9 cm³/mol. The summed E-state index contributed by atoms with van der Waals surface area (Å²) in [5.74, 6) is -0.0415. The Hall–Kier alpha value is -1.80. The highest BCUT2D eigenvalue weighted by atomic mass is 35.5. The molecular formula is C18H18ClNO. The van der Waals surface area contributed by atoms with E-state index in [1.165, 1.54) is 5.56 Å². The topological polar surface area (TPSA) is 29.1 Å². The zero-order valence-corrected chi connectivity index (χ0v) is 12.8. The summed E-state index contributed by atoms with van der Waals surface area (Å²) in [7, 11) is 0. The maximum atomic E-state index is 12.6. The molecule has 0 spiro atoms. The highest BCUT2D eigenvalue weighted by Crippen LogP contribution is 2.33. The van der Waals surface area contributed by atoms with E-state index in [2.05, 4.69) is 17.4 Å². The van der Waals surface area contributed by atoms with E-state index in [4.69, 9.17) is 11.6 Å². The highest BCUT2D eigenvalue weighted by Gasteiger charge is 2.26. The van der Waals surface area contributed by atoms with E-state index < -0.39 is 0 Å². The lowest BCUT2D eigenvalue weighted by Crippen LogP contribution is -2.24. The highest BCUT2D eigenvalue weighted by molar-refractivity contribution is 6.33. The molecule has 0 heterocycles. The lowest BCUT2D eigenvalue weighted by molar-refractivity contribution is -0.117. The fourth-order valence-corrected chi connectivity index (χ4v) is 3.25. The molecule has 2 nitrogen and oxygen atoms in total. The van der Waals surface area contributed by atoms with Crippen molar-refractivity contribution < 1.29 is 4.79 Å². The maximum absolute atomic E-state index is 12.6. The van der Waals surface area contributed by atoms with Gasteiger partial charge in [-0.2, -0.15) is 0 Å². The van der Waals surface area contributed by atoms with Gasteiger partial charge in [0.25, 0.3) is 0 Å². The normalized spacial score (nSPS) is 17.1. The second-order valence-corrected chi connectivity index (χ2v) is 6.02. The van der Waals surface area contributed by atoms with Crippen molar-refractivity contribution in [3.05, 3.63) is 64.2 Å². The van der Waals surface area contributed by atoms with Gasteiger partial charge >= 0.3 is 0 Å². The van der Waals surface area contributed by atoms with Crippen LogP contribution in [0, 0.1) is 6.92 Å². The Morgan fingerprint density at radius 2 is 2.05 bits per heavy atom. The van der Waals surface area contributed by atoms with Crippen LogP contribution in [0.2, 0.25) is 5.02 Å². The number of hydrogen-bond acceptors (Lipinski definition) is 1. The molecule has 1 atom stereocenters. The van der Waals surface area contributed by atoms with Crippen LogP contribution >= 0.6 is 11.6 Å². The number of carbonyl (C=O) groups is 1. The van der Waals surface area contributed by atoms with Crippen molar-refractivity contribution in [2.75, 3.05) is 5.32 Å². The number of nitrogens with one attached hydrogen (secondary N) is 1. The summed E-state index contributed by atoms with van der Waals surface area (Å²) in [5, 5.41) is 3.57. The zero-order chi connectivity index (χ0) is 14.8. The van der Waals surface area contributed by atoms with Gasteiger partial charge in [-0.1, -0.05) is 41.9 Å². The van der Waals surface area contributed by atoms with E-state index in [0.717, 1.165) is 30.4 Å².